The molecule has 8 heavy (non-hydrogen) atoms. The highest BCUT2D eigenvalue weighted by Gasteiger charge is 1.74. The summed E-state index contributed by atoms with van der Waals surface area (Å²) in [6.45, 7) is 3.97. The molecule has 0 aromatic carbocycles. The number of ether oxygens (including phenoxy) is 1. The maximum atomic E-state index is 4.74. The van der Waals surface area contributed by atoms with Gasteiger partial charge in [0.05, 0.1) is 13.4 Å². The Kier molecular flexibility index (Phi) is 4.04. The maximum absolute atomic E-state index is 4.74. The van der Waals surface area contributed by atoms with Gasteiger partial charge in [0, 0.05) is 0 Å². The van der Waals surface area contributed by atoms with E-state index in [1.807, 2.05) is 26.0 Å². The maximum Gasteiger partial charge on any atom is 0.0853 e. The van der Waals surface area contributed by atoms with Gasteiger partial charge in [-0.15, -0.1) is 0 Å². The highest BCUT2D eigenvalue weighted by atomic mass is 16.5. The molecule has 0 amide bonds. The summed E-state index contributed by atoms with van der Waals surface area (Å²) in [5.74, 6) is 0. The fourth-order valence-electron chi connectivity index (χ4n) is 0.488. The van der Waals surface area contributed by atoms with E-state index >= 15 is 0 Å². The van der Waals surface area contributed by atoms with Gasteiger partial charge in [0.2, 0.25) is 0 Å². The van der Waals surface area contributed by atoms with Crippen molar-refractivity contribution in [1.29, 1.82) is 0 Å². The van der Waals surface area contributed by atoms with Gasteiger partial charge in [-0.25, -0.2) is 0 Å². The van der Waals surface area contributed by atoms with Crippen molar-refractivity contribution in [3.8, 4) is 0 Å². The van der Waals surface area contributed by atoms with Gasteiger partial charge in [-0.3, -0.25) is 0 Å². The summed E-state index contributed by atoms with van der Waals surface area (Å²) in [6.07, 6.45) is 5.67. The van der Waals surface area contributed by atoms with E-state index in [1.165, 1.54) is 0 Å². The summed E-state index contributed by atoms with van der Waals surface area (Å²) in [7, 11) is 1.65. The second-order valence-corrected chi connectivity index (χ2v) is 1.60. The Hall–Kier alpha value is -0.720. The van der Waals surface area contributed by atoms with Gasteiger partial charge in [0.25, 0.3) is 0 Å². The second-order valence-electron chi connectivity index (χ2n) is 1.60. The van der Waals surface area contributed by atoms with E-state index in [0.717, 1.165) is 5.57 Å². The van der Waals surface area contributed by atoms with E-state index in [4.69, 9.17) is 4.74 Å². The molecule has 0 fully saturated rings. The number of rotatable bonds is 2. The van der Waals surface area contributed by atoms with Gasteiger partial charge in [-0.05, 0) is 19.4 Å². The Labute approximate surface area is 50.7 Å². The second kappa shape index (κ2) is 4.44. The van der Waals surface area contributed by atoms with Crippen molar-refractivity contribution < 1.29 is 4.74 Å². The van der Waals surface area contributed by atoms with Crippen LogP contribution in [0.2, 0.25) is 0 Å². The number of allylic oxidation sites excluding steroid dienone is 3. The van der Waals surface area contributed by atoms with E-state index in [0.29, 0.717) is 0 Å². The first-order chi connectivity index (χ1) is 3.81. The molecular weight excluding hydrogens is 100 g/mol. The molecule has 0 aromatic rings. The normalized spacial score (nSPS) is 12.6. The molecule has 0 aliphatic heterocycles. The summed E-state index contributed by atoms with van der Waals surface area (Å²) in [5.41, 5.74) is 1.13. The van der Waals surface area contributed by atoms with Crippen LogP contribution in [0.3, 0.4) is 0 Å². The van der Waals surface area contributed by atoms with Crippen molar-refractivity contribution in [2.75, 3.05) is 7.11 Å². The summed E-state index contributed by atoms with van der Waals surface area (Å²) in [4.78, 5) is 0. The van der Waals surface area contributed by atoms with Crippen LogP contribution < -0.4 is 0 Å². The quantitative estimate of drug-likeness (QED) is 0.392. The molecule has 46 valence electrons. The molecule has 0 aliphatic rings. The monoisotopic (exact) mass is 112 g/mol. The highest BCUT2D eigenvalue weighted by molar-refractivity contribution is 5.12. The molecular formula is C7H12O. The standard InChI is InChI=1S/C7H12O/c1-4-5-7(2)6-8-3/h4-6H,1-3H3/b5-4+,7-6+. The number of hydrogen-bond donors (Lipinski definition) is 0. The van der Waals surface area contributed by atoms with Crippen molar-refractivity contribution >= 4 is 0 Å². The summed E-state index contributed by atoms with van der Waals surface area (Å²) in [5, 5.41) is 0. The predicted molar refractivity (Wildman–Crippen MR) is 35.6 cm³/mol. The zero-order valence-corrected chi connectivity index (χ0v) is 5.64. The molecule has 0 saturated heterocycles. The van der Waals surface area contributed by atoms with Gasteiger partial charge in [-0.1, -0.05) is 12.2 Å². The zero-order chi connectivity index (χ0) is 6.41. The van der Waals surface area contributed by atoms with E-state index in [-0.39, 0.29) is 0 Å². The van der Waals surface area contributed by atoms with Crippen molar-refractivity contribution in [3.63, 3.8) is 0 Å². The Morgan fingerprint density at radius 3 is 2.50 bits per heavy atom. The molecule has 0 heterocycles. The molecule has 0 aromatic heterocycles. The predicted octanol–water partition coefficient (Wildman–Crippen LogP) is 2.11. The average molecular weight is 112 g/mol. The summed E-state index contributed by atoms with van der Waals surface area (Å²) in [6, 6.07) is 0. The first-order valence-corrected chi connectivity index (χ1v) is 2.63. The van der Waals surface area contributed by atoms with Crippen molar-refractivity contribution in [2.45, 2.75) is 13.8 Å². The topological polar surface area (TPSA) is 9.23 Å². The average Bonchev–Trinajstić information content (AvgIpc) is 1.68. The first-order valence-electron chi connectivity index (χ1n) is 2.63. The lowest BCUT2D eigenvalue weighted by atomic mass is 10.3. The molecule has 0 atom stereocenters. The SMILES string of the molecule is C/C=C/C(C)=C/OC. The number of hydrogen-bond acceptors (Lipinski definition) is 1. The van der Waals surface area contributed by atoms with Crippen molar-refractivity contribution in [2.24, 2.45) is 0 Å². The molecule has 0 saturated carbocycles. The number of methoxy groups -OCH3 is 1. The smallest absolute Gasteiger partial charge is 0.0853 e. The van der Waals surface area contributed by atoms with Gasteiger partial charge in [0.15, 0.2) is 0 Å². The third kappa shape index (κ3) is 3.47. The van der Waals surface area contributed by atoms with Crippen molar-refractivity contribution in [3.05, 3.63) is 24.0 Å². The molecule has 0 aliphatic carbocycles. The Morgan fingerprint density at radius 1 is 1.50 bits per heavy atom. The lowest BCUT2D eigenvalue weighted by Gasteiger charge is -1.88. The third-order valence-corrected chi connectivity index (χ3v) is 0.733. The van der Waals surface area contributed by atoms with Crippen LogP contribution in [-0.2, 0) is 4.74 Å². The Balaban J connectivity index is 3.61. The van der Waals surface area contributed by atoms with Crippen LogP contribution in [-0.4, -0.2) is 7.11 Å². The minimum Gasteiger partial charge on any atom is -0.504 e. The Bertz CT molecular complexity index is 101. The molecule has 0 unspecified atom stereocenters. The lowest BCUT2D eigenvalue weighted by Crippen LogP contribution is -1.69. The van der Waals surface area contributed by atoms with E-state index < -0.39 is 0 Å². The van der Waals surface area contributed by atoms with E-state index in [9.17, 15) is 0 Å². The van der Waals surface area contributed by atoms with Gasteiger partial charge < -0.3 is 4.74 Å². The molecule has 0 rings (SSSR count). The van der Waals surface area contributed by atoms with Crippen molar-refractivity contribution in [1.82, 2.24) is 0 Å². The Morgan fingerprint density at radius 2 is 2.12 bits per heavy atom. The van der Waals surface area contributed by atoms with Crippen LogP contribution in [0.1, 0.15) is 13.8 Å². The molecule has 0 spiro atoms. The van der Waals surface area contributed by atoms with E-state index in [1.54, 1.807) is 13.4 Å². The largest absolute Gasteiger partial charge is 0.504 e. The van der Waals surface area contributed by atoms with E-state index in [2.05, 4.69) is 0 Å². The minimum atomic E-state index is 1.13. The molecule has 1 heteroatoms. The summed E-state index contributed by atoms with van der Waals surface area (Å²) >= 11 is 0. The van der Waals surface area contributed by atoms with Gasteiger partial charge >= 0.3 is 0 Å². The molecule has 0 bridgehead atoms. The highest BCUT2D eigenvalue weighted by Crippen LogP contribution is 1.92. The molecule has 0 N–H and O–H groups in total. The molecule has 1 nitrogen and oxygen atoms in total. The van der Waals surface area contributed by atoms with Crippen LogP contribution in [0.25, 0.3) is 0 Å². The van der Waals surface area contributed by atoms with Crippen LogP contribution >= 0.6 is 0 Å². The fourth-order valence-corrected chi connectivity index (χ4v) is 0.488. The minimum absolute atomic E-state index is 1.13. The van der Waals surface area contributed by atoms with Crippen LogP contribution in [0.15, 0.2) is 24.0 Å². The van der Waals surface area contributed by atoms with Crippen LogP contribution in [0.5, 0.6) is 0 Å². The fraction of sp³-hybridized carbons (Fsp3) is 0.429. The third-order valence-electron chi connectivity index (χ3n) is 0.733. The van der Waals surface area contributed by atoms with Crippen LogP contribution in [0, 0.1) is 0 Å². The summed E-state index contributed by atoms with van der Waals surface area (Å²) < 4.78 is 4.74. The first kappa shape index (κ1) is 7.28. The van der Waals surface area contributed by atoms with Crippen LogP contribution in [0.4, 0.5) is 0 Å². The lowest BCUT2D eigenvalue weighted by molar-refractivity contribution is 0.335. The van der Waals surface area contributed by atoms with Gasteiger partial charge in [-0.2, -0.15) is 0 Å². The van der Waals surface area contributed by atoms with Gasteiger partial charge in [0.1, 0.15) is 0 Å². The zero-order valence-electron chi connectivity index (χ0n) is 5.64. The molecule has 0 radical (unpaired) electrons.